The van der Waals surface area contributed by atoms with Crippen LogP contribution in [0, 0.1) is 0 Å². The molecule has 4 nitrogen and oxygen atoms in total. The predicted octanol–water partition coefficient (Wildman–Crippen LogP) is 2.65. The lowest BCUT2D eigenvalue weighted by Crippen LogP contribution is -2.32. The molecule has 2 aromatic rings. The van der Waals surface area contributed by atoms with Crippen LogP contribution in [0.5, 0.6) is 11.5 Å². The molecule has 2 aromatic carbocycles. The van der Waals surface area contributed by atoms with Gasteiger partial charge in [0.15, 0.2) is 0 Å². The van der Waals surface area contributed by atoms with Gasteiger partial charge in [0, 0.05) is 12.0 Å². The number of benzene rings is 2. The summed E-state index contributed by atoms with van der Waals surface area (Å²) in [4.78, 5) is 12.2. The van der Waals surface area contributed by atoms with Gasteiger partial charge >= 0.3 is 0 Å². The van der Waals surface area contributed by atoms with Crippen molar-refractivity contribution in [2.24, 2.45) is 0 Å². The summed E-state index contributed by atoms with van der Waals surface area (Å²) in [6.45, 7) is 0.572. The molecule has 3 rings (SSSR count). The number of rotatable bonds is 2. The summed E-state index contributed by atoms with van der Waals surface area (Å²) in [5.74, 6) is 0.525. The van der Waals surface area contributed by atoms with Gasteiger partial charge in [-0.05, 0) is 18.2 Å². The van der Waals surface area contributed by atoms with Crippen molar-refractivity contribution in [3.05, 3.63) is 59.7 Å². The molecule has 102 valence electrons. The molecule has 1 atom stereocenters. The Morgan fingerprint density at radius 2 is 1.90 bits per heavy atom. The Bertz CT molecular complexity index is 639. The number of aromatic hydroxyl groups is 1. The molecule has 2 N–H and O–H groups in total. The lowest BCUT2D eigenvalue weighted by Gasteiger charge is -2.26. The van der Waals surface area contributed by atoms with E-state index in [4.69, 9.17) is 4.74 Å². The first-order chi connectivity index (χ1) is 9.75. The number of fused-ring (bicyclic) bond motifs is 1. The largest absolute Gasteiger partial charge is 0.507 e. The van der Waals surface area contributed by atoms with Crippen LogP contribution in [-0.2, 0) is 0 Å². The fourth-order valence-corrected chi connectivity index (χ4v) is 2.39. The number of carbonyl (C=O) groups is 1. The third-order valence-electron chi connectivity index (χ3n) is 3.41. The number of ether oxygens (including phenoxy) is 1. The summed E-state index contributed by atoms with van der Waals surface area (Å²) in [5.41, 5.74) is 1.26. The van der Waals surface area contributed by atoms with Crippen LogP contribution in [0.15, 0.2) is 48.5 Å². The Hall–Kier alpha value is -2.49. The lowest BCUT2D eigenvalue weighted by atomic mass is 10.00. The van der Waals surface area contributed by atoms with Gasteiger partial charge in [-0.15, -0.1) is 0 Å². The highest BCUT2D eigenvalue weighted by atomic mass is 16.5. The van der Waals surface area contributed by atoms with Gasteiger partial charge in [0.25, 0.3) is 5.91 Å². The number of para-hydroxylation sites is 2. The highest BCUT2D eigenvalue weighted by Gasteiger charge is 2.23. The van der Waals surface area contributed by atoms with Crippen molar-refractivity contribution in [1.82, 2.24) is 5.32 Å². The zero-order valence-corrected chi connectivity index (χ0v) is 10.9. The van der Waals surface area contributed by atoms with E-state index in [1.165, 1.54) is 6.07 Å². The van der Waals surface area contributed by atoms with Crippen LogP contribution in [-0.4, -0.2) is 17.6 Å². The van der Waals surface area contributed by atoms with E-state index >= 15 is 0 Å². The monoisotopic (exact) mass is 269 g/mol. The highest BCUT2D eigenvalue weighted by Crippen LogP contribution is 2.32. The second kappa shape index (κ2) is 5.25. The molecule has 0 fully saturated rings. The maximum Gasteiger partial charge on any atom is 0.255 e. The van der Waals surface area contributed by atoms with E-state index in [0.717, 1.165) is 17.7 Å². The first-order valence-electron chi connectivity index (χ1n) is 6.56. The molecule has 1 unspecified atom stereocenters. The number of phenols is 1. The zero-order chi connectivity index (χ0) is 13.9. The lowest BCUT2D eigenvalue weighted by molar-refractivity contribution is 0.0922. The molecule has 1 heterocycles. The summed E-state index contributed by atoms with van der Waals surface area (Å²) in [7, 11) is 0. The maximum atomic E-state index is 12.2. The van der Waals surface area contributed by atoms with E-state index in [0.29, 0.717) is 6.61 Å². The average molecular weight is 269 g/mol. The smallest absolute Gasteiger partial charge is 0.255 e. The fourth-order valence-electron chi connectivity index (χ4n) is 2.39. The molecule has 1 aliphatic heterocycles. The van der Waals surface area contributed by atoms with Gasteiger partial charge in [0.05, 0.1) is 18.2 Å². The molecule has 0 bridgehead atoms. The summed E-state index contributed by atoms with van der Waals surface area (Å²) in [6.07, 6.45) is 0.719. The van der Waals surface area contributed by atoms with Crippen LogP contribution in [0.25, 0.3) is 0 Å². The number of phenolic OH excluding ortho intramolecular Hbond substituents is 1. The normalized spacial score (nSPS) is 16.9. The van der Waals surface area contributed by atoms with E-state index in [2.05, 4.69) is 5.32 Å². The zero-order valence-electron chi connectivity index (χ0n) is 10.9. The van der Waals surface area contributed by atoms with Crippen molar-refractivity contribution in [2.45, 2.75) is 12.5 Å². The number of nitrogens with one attached hydrogen (secondary N) is 1. The van der Waals surface area contributed by atoms with Gasteiger partial charge in [0.1, 0.15) is 11.5 Å². The quantitative estimate of drug-likeness (QED) is 0.881. The Labute approximate surface area is 117 Å². The summed E-state index contributed by atoms with van der Waals surface area (Å²) >= 11 is 0. The molecule has 20 heavy (non-hydrogen) atoms. The molecule has 0 aromatic heterocycles. The van der Waals surface area contributed by atoms with Crippen LogP contribution in [0.4, 0.5) is 0 Å². The molecule has 0 radical (unpaired) electrons. The van der Waals surface area contributed by atoms with Gasteiger partial charge in [-0.1, -0.05) is 30.3 Å². The predicted molar refractivity (Wildman–Crippen MR) is 74.9 cm³/mol. The van der Waals surface area contributed by atoms with Gasteiger partial charge in [-0.2, -0.15) is 0 Å². The number of hydrogen-bond acceptors (Lipinski definition) is 3. The molecule has 0 aliphatic carbocycles. The summed E-state index contributed by atoms with van der Waals surface area (Å²) in [6, 6.07) is 14.1. The van der Waals surface area contributed by atoms with E-state index in [9.17, 15) is 9.90 Å². The molecular formula is C16H15NO3. The van der Waals surface area contributed by atoms with Crippen molar-refractivity contribution in [3.63, 3.8) is 0 Å². The Morgan fingerprint density at radius 1 is 1.15 bits per heavy atom. The third-order valence-corrected chi connectivity index (χ3v) is 3.41. The van der Waals surface area contributed by atoms with Gasteiger partial charge in [-0.25, -0.2) is 0 Å². The summed E-state index contributed by atoms with van der Waals surface area (Å²) in [5, 5.41) is 12.7. The van der Waals surface area contributed by atoms with E-state index < -0.39 is 0 Å². The first-order valence-corrected chi connectivity index (χ1v) is 6.56. The molecular weight excluding hydrogens is 254 g/mol. The van der Waals surface area contributed by atoms with Crippen LogP contribution < -0.4 is 10.1 Å². The minimum Gasteiger partial charge on any atom is -0.507 e. The average Bonchev–Trinajstić information content (AvgIpc) is 2.48. The standard InChI is InChI=1S/C16H15NO3/c18-14-7-3-1-6-12(14)16(19)17-13-9-10-20-15-8-4-2-5-11(13)15/h1-8,13,18H,9-10H2,(H,17,19). The SMILES string of the molecule is O=C(NC1CCOc2ccccc21)c1ccccc1O. The molecule has 4 heteroatoms. The van der Waals surface area contributed by atoms with E-state index in [-0.39, 0.29) is 23.3 Å². The Kier molecular flexibility index (Phi) is 3.29. The third kappa shape index (κ3) is 2.32. The van der Waals surface area contributed by atoms with Gasteiger partial charge in [0.2, 0.25) is 0 Å². The van der Waals surface area contributed by atoms with E-state index in [1.54, 1.807) is 18.2 Å². The topological polar surface area (TPSA) is 58.6 Å². The minimum atomic E-state index is -0.273. The molecule has 1 aliphatic rings. The second-order valence-electron chi connectivity index (χ2n) is 4.72. The Morgan fingerprint density at radius 3 is 2.75 bits per heavy atom. The van der Waals surface area contributed by atoms with Crippen LogP contribution in [0.2, 0.25) is 0 Å². The fraction of sp³-hybridized carbons (Fsp3) is 0.188. The van der Waals surface area contributed by atoms with Crippen molar-refractivity contribution in [1.29, 1.82) is 0 Å². The van der Waals surface area contributed by atoms with Gasteiger partial charge < -0.3 is 15.2 Å². The number of carbonyl (C=O) groups excluding carboxylic acids is 1. The highest BCUT2D eigenvalue weighted by molar-refractivity contribution is 5.97. The number of hydrogen-bond donors (Lipinski definition) is 2. The van der Waals surface area contributed by atoms with Crippen molar-refractivity contribution < 1.29 is 14.6 Å². The summed E-state index contributed by atoms with van der Waals surface area (Å²) < 4.78 is 5.56. The van der Waals surface area contributed by atoms with Crippen LogP contribution in [0.3, 0.4) is 0 Å². The molecule has 0 saturated heterocycles. The number of amides is 1. The van der Waals surface area contributed by atoms with Crippen molar-refractivity contribution in [2.75, 3.05) is 6.61 Å². The van der Waals surface area contributed by atoms with Crippen molar-refractivity contribution in [3.8, 4) is 11.5 Å². The maximum absolute atomic E-state index is 12.2. The van der Waals surface area contributed by atoms with Crippen LogP contribution >= 0.6 is 0 Å². The molecule has 1 amide bonds. The minimum absolute atomic E-state index is 0.00894. The molecule has 0 saturated carbocycles. The van der Waals surface area contributed by atoms with Crippen molar-refractivity contribution >= 4 is 5.91 Å². The Balaban J connectivity index is 1.83. The van der Waals surface area contributed by atoms with Crippen LogP contribution in [0.1, 0.15) is 28.4 Å². The van der Waals surface area contributed by atoms with E-state index in [1.807, 2.05) is 24.3 Å². The first kappa shape index (κ1) is 12.5. The van der Waals surface area contributed by atoms with Gasteiger partial charge in [-0.3, -0.25) is 4.79 Å². The second-order valence-corrected chi connectivity index (χ2v) is 4.72. The molecule has 0 spiro atoms.